The van der Waals surface area contributed by atoms with Gasteiger partial charge in [-0.3, -0.25) is 9.78 Å². The van der Waals surface area contributed by atoms with Crippen LogP contribution in [0.1, 0.15) is 17.3 Å². The Balaban J connectivity index is 2.87. The van der Waals surface area contributed by atoms with Crippen molar-refractivity contribution in [3.05, 3.63) is 24.0 Å². The molecule has 0 aliphatic heterocycles. The molecule has 1 amide bonds. The topological polar surface area (TPSA) is 42.4 Å². The number of hydrogen-bond donors (Lipinski definition) is 0. The molecule has 16 heavy (non-hydrogen) atoms. The van der Waals surface area contributed by atoms with Crippen LogP contribution in [0.15, 0.2) is 18.5 Å². The third-order valence-electron chi connectivity index (χ3n) is 2.11. The van der Waals surface area contributed by atoms with Crippen molar-refractivity contribution in [1.29, 1.82) is 0 Å². The number of nitrogens with zero attached hydrogens (tertiary/aromatic N) is 2. The van der Waals surface area contributed by atoms with Crippen LogP contribution in [0.2, 0.25) is 0 Å². The number of alkyl halides is 1. The maximum atomic E-state index is 12.1. The van der Waals surface area contributed by atoms with Gasteiger partial charge in [-0.15, -0.1) is 0 Å². The van der Waals surface area contributed by atoms with Crippen LogP contribution in [0.5, 0.6) is 5.75 Å². The molecule has 0 bridgehead atoms. The van der Waals surface area contributed by atoms with Crippen LogP contribution in [0.3, 0.4) is 0 Å². The Morgan fingerprint density at radius 3 is 2.94 bits per heavy atom. The molecule has 0 aromatic carbocycles. The number of pyridine rings is 1. The lowest BCUT2D eigenvalue weighted by atomic mass is 10.2. The maximum Gasteiger partial charge on any atom is 0.257 e. The monoisotopic (exact) mass is 286 g/mol. The van der Waals surface area contributed by atoms with E-state index in [0.29, 0.717) is 17.9 Å². The van der Waals surface area contributed by atoms with Crippen molar-refractivity contribution < 1.29 is 9.53 Å². The molecule has 0 saturated carbocycles. The second kappa shape index (κ2) is 5.84. The summed E-state index contributed by atoms with van der Waals surface area (Å²) in [5.41, 5.74) is 0.535. The van der Waals surface area contributed by atoms with Gasteiger partial charge in [-0.25, -0.2) is 0 Å². The molecule has 1 aromatic heterocycles. The molecule has 0 aliphatic carbocycles. The summed E-state index contributed by atoms with van der Waals surface area (Å²) in [5, 5.41) is 0. The van der Waals surface area contributed by atoms with E-state index >= 15 is 0 Å². The summed E-state index contributed by atoms with van der Waals surface area (Å²) < 4.78 is 5.10. The van der Waals surface area contributed by atoms with Gasteiger partial charge in [-0.2, -0.15) is 0 Å². The van der Waals surface area contributed by atoms with Crippen LogP contribution in [-0.2, 0) is 0 Å². The van der Waals surface area contributed by atoms with E-state index in [0.717, 1.165) is 0 Å². The fraction of sp³-hybridized carbons (Fsp3) is 0.455. The summed E-state index contributed by atoms with van der Waals surface area (Å²) in [6, 6.07) is 1.66. The molecule has 1 heterocycles. The third kappa shape index (κ3) is 3.20. The van der Waals surface area contributed by atoms with Gasteiger partial charge in [-0.05, 0) is 6.07 Å². The quantitative estimate of drug-likeness (QED) is 0.795. The fourth-order valence-electron chi connectivity index (χ4n) is 1.39. The third-order valence-corrected chi connectivity index (χ3v) is 2.40. The van der Waals surface area contributed by atoms with Crippen LogP contribution in [0.4, 0.5) is 0 Å². The second-order valence-electron chi connectivity index (χ2n) is 3.54. The van der Waals surface area contributed by atoms with E-state index in [-0.39, 0.29) is 10.7 Å². The van der Waals surface area contributed by atoms with E-state index < -0.39 is 0 Å². The van der Waals surface area contributed by atoms with Crippen molar-refractivity contribution in [1.82, 2.24) is 9.88 Å². The highest BCUT2D eigenvalue weighted by molar-refractivity contribution is 9.09. The van der Waals surface area contributed by atoms with E-state index in [2.05, 4.69) is 20.9 Å². The molecule has 0 fully saturated rings. The lowest BCUT2D eigenvalue weighted by molar-refractivity contribution is 0.0794. The second-order valence-corrected chi connectivity index (χ2v) is 5.11. The highest BCUT2D eigenvalue weighted by atomic mass is 79.9. The normalized spacial score (nSPS) is 12.0. The molecule has 5 heteroatoms. The predicted octanol–water partition coefficient (Wildman–Crippen LogP) is 1.95. The summed E-state index contributed by atoms with van der Waals surface area (Å²) in [6.07, 6.45) is 3.12. The van der Waals surface area contributed by atoms with E-state index in [1.54, 1.807) is 30.4 Å². The number of carbonyl (C=O) groups excluding carboxylic acids is 1. The first kappa shape index (κ1) is 13.0. The standard InChI is InChI=1S/C11H15BrN2O2/c1-8(12)7-14(2)11(15)9-4-5-13-6-10(9)16-3/h4-6,8H,7H2,1-3H3. The highest BCUT2D eigenvalue weighted by Gasteiger charge is 2.17. The summed E-state index contributed by atoms with van der Waals surface area (Å²) >= 11 is 3.41. The van der Waals surface area contributed by atoms with E-state index in [9.17, 15) is 4.79 Å². The predicted molar refractivity (Wildman–Crippen MR) is 66.1 cm³/mol. The van der Waals surface area contributed by atoms with Crippen LogP contribution in [-0.4, -0.2) is 41.3 Å². The van der Waals surface area contributed by atoms with Gasteiger partial charge in [0.05, 0.1) is 18.9 Å². The Kier molecular flexibility index (Phi) is 4.73. The van der Waals surface area contributed by atoms with Crippen molar-refractivity contribution >= 4 is 21.8 Å². The molecule has 1 unspecified atom stereocenters. The number of carbonyl (C=O) groups is 1. The molecular weight excluding hydrogens is 272 g/mol. The molecule has 88 valence electrons. The van der Waals surface area contributed by atoms with Crippen molar-refractivity contribution in [2.45, 2.75) is 11.8 Å². The van der Waals surface area contributed by atoms with Crippen LogP contribution in [0.25, 0.3) is 0 Å². The average molecular weight is 287 g/mol. The molecule has 4 nitrogen and oxygen atoms in total. The summed E-state index contributed by atoms with van der Waals surface area (Å²) in [6.45, 7) is 2.64. The lowest BCUT2D eigenvalue weighted by Crippen LogP contribution is -2.31. The van der Waals surface area contributed by atoms with Gasteiger partial charge in [0, 0.05) is 24.6 Å². The lowest BCUT2D eigenvalue weighted by Gasteiger charge is -2.19. The van der Waals surface area contributed by atoms with Crippen LogP contribution in [0, 0.1) is 0 Å². The molecule has 0 aliphatic rings. The van der Waals surface area contributed by atoms with Gasteiger partial charge in [0.2, 0.25) is 0 Å². The van der Waals surface area contributed by atoms with E-state index in [1.165, 1.54) is 7.11 Å². The van der Waals surface area contributed by atoms with Crippen molar-refractivity contribution in [3.63, 3.8) is 0 Å². The largest absolute Gasteiger partial charge is 0.494 e. The van der Waals surface area contributed by atoms with E-state index in [4.69, 9.17) is 4.74 Å². The molecule has 1 aromatic rings. The number of halogens is 1. The van der Waals surface area contributed by atoms with Gasteiger partial charge in [0.1, 0.15) is 5.75 Å². The van der Waals surface area contributed by atoms with Crippen molar-refractivity contribution in [2.75, 3.05) is 20.7 Å². The summed E-state index contributed by atoms with van der Waals surface area (Å²) in [7, 11) is 3.29. The Bertz CT molecular complexity index is 369. The Labute approximate surface area is 104 Å². The number of rotatable bonds is 4. The zero-order valence-electron chi connectivity index (χ0n) is 9.61. The molecular formula is C11H15BrN2O2. The minimum atomic E-state index is -0.0643. The number of hydrogen-bond acceptors (Lipinski definition) is 3. The number of aromatic nitrogens is 1. The maximum absolute atomic E-state index is 12.1. The highest BCUT2D eigenvalue weighted by Crippen LogP contribution is 2.17. The zero-order chi connectivity index (χ0) is 12.1. The Morgan fingerprint density at radius 1 is 1.69 bits per heavy atom. The van der Waals surface area contributed by atoms with Crippen LogP contribution < -0.4 is 4.74 Å². The first-order valence-corrected chi connectivity index (χ1v) is 5.85. The smallest absolute Gasteiger partial charge is 0.257 e. The Hall–Kier alpha value is -1.10. The number of ether oxygens (including phenoxy) is 1. The summed E-state index contributed by atoms with van der Waals surface area (Å²) in [5.74, 6) is 0.437. The fourth-order valence-corrected chi connectivity index (χ4v) is 1.82. The molecule has 0 spiro atoms. The summed E-state index contributed by atoms with van der Waals surface area (Å²) in [4.78, 5) is 17.9. The first-order valence-electron chi connectivity index (χ1n) is 4.93. The molecule has 1 atom stereocenters. The van der Waals surface area contributed by atoms with Gasteiger partial charge in [0.15, 0.2) is 0 Å². The number of amides is 1. The van der Waals surface area contributed by atoms with E-state index in [1.807, 2.05) is 6.92 Å². The van der Waals surface area contributed by atoms with Gasteiger partial charge >= 0.3 is 0 Å². The van der Waals surface area contributed by atoms with Crippen LogP contribution >= 0.6 is 15.9 Å². The van der Waals surface area contributed by atoms with Crippen molar-refractivity contribution in [2.24, 2.45) is 0 Å². The minimum Gasteiger partial charge on any atom is -0.494 e. The zero-order valence-corrected chi connectivity index (χ0v) is 11.2. The first-order chi connectivity index (χ1) is 7.56. The SMILES string of the molecule is COc1cnccc1C(=O)N(C)CC(C)Br. The van der Waals surface area contributed by atoms with Gasteiger partial charge in [-0.1, -0.05) is 22.9 Å². The van der Waals surface area contributed by atoms with Crippen molar-refractivity contribution in [3.8, 4) is 5.75 Å². The van der Waals surface area contributed by atoms with Gasteiger partial charge in [0.25, 0.3) is 5.91 Å². The average Bonchev–Trinajstić information content (AvgIpc) is 2.27. The molecule has 1 rings (SSSR count). The number of methoxy groups -OCH3 is 1. The Morgan fingerprint density at radius 2 is 2.38 bits per heavy atom. The minimum absolute atomic E-state index is 0.0643. The molecule has 0 radical (unpaired) electrons. The van der Waals surface area contributed by atoms with Gasteiger partial charge < -0.3 is 9.64 Å². The molecule has 0 N–H and O–H groups in total. The molecule has 0 saturated heterocycles.